The molecule has 1 amide bonds. The molecule has 3 aromatic rings. The molecule has 0 radical (unpaired) electrons. The molecule has 0 fully saturated rings. The molecule has 0 spiro atoms. The molecule has 2 N–H and O–H groups in total. The summed E-state index contributed by atoms with van der Waals surface area (Å²) in [5.74, 6) is -1.48. The topological polar surface area (TPSA) is 96.8 Å². The number of hydrogen-bond donors (Lipinski definition) is 2. The standard InChI is InChI=1S/C15H12FN3O4/c1-8-6-11-18-12(13(20)15(22)19(11)23-8)14(21)17-7-9-2-4-10(16)5-3-9/h2-6,20H,7H2,1H3,(H,17,21). The summed E-state index contributed by atoms with van der Waals surface area (Å²) in [6, 6.07) is 7.03. The minimum absolute atomic E-state index is 0.101. The van der Waals surface area contributed by atoms with Crippen LogP contribution in [-0.4, -0.2) is 20.6 Å². The second-order valence-corrected chi connectivity index (χ2v) is 4.92. The summed E-state index contributed by atoms with van der Waals surface area (Å²) < 4.78 is 18.7. The van der Waals surface area contributed by atoms with E-state index in [1.165, 1.54) is 30.3 Å². The van der Waals surface area contributed by atoms with Crippen molar-refractivity contribution >= 4 is 11.6 Å². The highest BCUT2D eigenvalue weighted by Gasteiger charge is 2.20. The monoisotopic (exact) mass is 317 g/mol. The van der Waals surface area contributed by atoms with E-state index in [0.29, 0.717) is 11.3 Å². The lowest BCUT2D eigenvalue weighted by Gasteiger charge is -2.06. The van der Waals surface area contributed by atoms with Crippen LogP contribution >= 0.6 is 0 Å². The van der Waals surface area contributed by atoms with E-state index in [1.807, 2.05) is 0 Å². The Kier molecular flexibility index (Phi) is 3.57. The van der Waals surface area contributed by atoms with Crippen molar-refractivity contribution in [1.82, 2.24) is 14.9 Å². The van der Waals surface area contributed by atoms with Crippen LogP contribution in [0.15, 0.2) is 39.6 Å². The maximum atomic E-state index is 12.8. The summed E-state index contributed by atoms with van der Waals surface area (Å²) in [6.07, 6.45) is 0. The van der Waals surface area contributed by atoms with Gasteiger partial charge >= 0.3 is 5.56 Å². The van der Waals surface area contributed by atoms with Gasteiger partial charge in [-0.05, 0) is 24.6 Å². The van der Waals surface area contributed by atoms with Crippen LogP contribution in [0.3, 0.4) is 0 Å². The van der Waals surface area contributed by atoms with Gasteiger partial charge in [0.1, 0.15) is 11.6 Å². The predicted octanol–water partition coefficient (Wildman–Crippen LogP) is 1.37. The Hall–Kier alpha value is -3.16. The summed E-state index contributed by atoms with van der Waals surface area (Å²) >= 11 is 0. The van der Waals surface area contributed by atoms with Gasteiger partial charge in [0.15, 0.2) is 11.3 Å². The third kappa shape index (κ3) is 2.78. The Morgan fingerprint density at radius 2 is 2.09 bits per heavy atom. The Balaban J connectivity index is 1.87. The SMILES string of the molecule is Cc1cc2nc(C(=O)NCc3ccc(F)cc3)c(O)c(=O)n2o1. The molecular weight excluding hydrogens is 305 g/mol. The van der Waals surface area contributed by atoms with E-state index in [2.05, 4.69) is 10.3 Å². The summed E-state index contributed by atoms with van der Waals surface area (Å²) in [6.45, 7) is 1.71. The fraction of sp³-hybridized carbons (Fsp3) is 0.133. The highest BCUT2D eigenvalue weighted by molar-refractivity contribution is 5.95. The molecule has 0 saturated carbocycles. The zero-order valence-corrected chi connectivity index (χ0v) is 12.0. The molecule has 0 saturated heterocycles. The average Bonchev–Trinajstić information content (AvgIpc) is 2.91. The van der Waals surface area contributed by atoms with E-state index >= 15 is 0 Å². The fourth-order valence-electron chi connectivity index (χ4n) is 2.07. The van der Waals surface area contributed by atoms with E-state index in [4.69, 9.17) is 4.52 Å². The summed E-state index contributed by atoms with van der Waals surface area (Å²) in [5, 5.41) is 12.4. The van der Waals surface area contributed by atoms with Crippen molar-refractivity contribution in [3.05, 3.63) is 63.5 Å². The zero-order chi connectivity index (χ0) is 16.6. The second-order valence-electron chi connectivity index (χ2n) is 4.92. The summed E-state index contributed by atoms with van der Waals surface area (Å²) in [7, 11) is 0. The molecule has 8 heteroatoms. The second kappa shape index (κ2) is 5.56. The van der Waals surface area contributed by atoms with Crippen LogP contribution in [0.4, 0.5) is 4.39 Å². The number of amides is 1. The highest BCUT2D eigenvalue weighted by Crippen LogP contribution is 2.13. The van der Waals surface area contributed by atoms with Crippen LogP contribution in [0.1, 0.15) is 21.8 Å². The number of aromatic hydroxyl groups is 1. The highest BCUT2D eigenvalue weighted by atomic mass is 19.1. The number of fused-ring (bicyclic) bond motifs is 1. The average molecular weight is 317 g/mol. The van der Waals surface area contributed by atoms with Crippen LogP contribution in [0.25, 0.3) is 5.65 Å². The fourth-order valence-corrected chi connectivity index (χ4v) is 2.07. The van der Waals surface area contributed by atoms with Gasteiger partial charge in [0, 0.05) is 12.6 Å². The van der Waals surface area contributed by atoms with Crippen molar-refractivity contribution in [1.29, 1.82) is 0 Å². The minimum Gasteiger partial charge on any atom is -0.501 e. The number of carbonyl (C=O) groups excluding carboxylic acids is 1. The number of nitrogens with zero attached hydrogens (tertiary/aromatic N) is 2. The minimum atomic E-state index is -0.866. The van der Waals surface area contributed by atoms with Gasteiger partial charge < -0.3 is 14.9 Å². The maximum Gasteiger partial charge on any atom is 0.330 e. The number of hydrogen-bond acceptors (Lipinski definition) is 5. The third-order valence-electron chi connectivity index (χ3n) is 3.19. The Morgan fingerprint density at radius 3 is 2.78 bits per heavy atom. The molecule has 0 aliphatic carbocycles. The van der Waals surface area contributed by atoms with Crippen molar-refractivity contribution in [3.8, 4) is 5.75 Å². The van der Waals surface area contributed by atoms with E-state index in [9.17, 15) is 19.1 Å². The van der Waals surface area contributed by atoms with Gasteiger partial charge in [-0.2, -0.15) is 0 Å². The first kappa shape index (κ1) is 14.8. The molecule has 0 aliphatic heterocycles. The summed E-state index contributed by atoms with van der Waals surface area (Å²) in [4.78, 5) is 28.0. The lowest BCUT2D eigenvalue weighted by Crippen LogP contribution is -2.27. The van der Waals surface area contributed by atoms with Gasteiger partial charge in [0.25, 0.3) is 5.91 Å². The Morgan fingerprint density at radius 1 is 1.39 bits per heavy atom. The predicted molar refractivity (Wildman–Crippen MR) is 77.7 cm³/mol. The molecule has 3 rings (SSSR count). The Bertz CT molecular complexity index is 944. The van der Waals surface area contributed by atoms with Crippen molar-refractivity contribution in [2.24, 2.45) is 0 Å². The number of aryl methyl sites for hydroxylation is 1. The molecular formula is C15H12FN3O4. The number of benzene rings is 1. The van der Waals surface area contributed by atoms with E-state index < -0.39 is 22.9 Å². The first-order valence-corrected chi connectivity index (χ1v) is 6.71. The number of aromatic nitrogens is 2. The molecule has 118 valence electrons. The largest absolute Gasteiger partial charge is 0.501 e. The van der Waals surface area contributed by atoms with E-state index in [1.54, 1.807) is 6.92 Å². The number of rotatable bonds is 3. The molecule has 0 bridgehead atoms. The molecule has 2 heterocycles. The van der Waals surface area contributed by atoms with Crippen LogP contribution in [0, 0.1) is 12.7 Å². The number of halogens is 1. The normalized spacial score (nSPS) is 10.9. The van der Waals surface area contributed by atoms with Crippen molar-refractivity contribution in [3.63, 3.8) is 0 Å². The van der Waals surface area contributed by atoms with Gasteiger partial charge in [-0.1, -0.05) is 12.1 Å². The lowest BCUT2D eigenvalue weighted by molar-refractivity contribution is 0.0942. The quantitative estimate of drug-likeness (QED) is 0.760. The summed E-state index contributed by atoms with van der Waals surface area (Å²) in [5.41, 5.74) is -0.471. The van der Waals surface area contributed by atoms with Crippen LogP contribution in [0.5, 0.6) is 5.75 Å². The number of carbonyl (C=O) groups is 1. The van der Waals surface area contributed by atoms with E-state index in [-0.39, 0.29) is 18.0 Å². The van der Waals surface area contributed by atoms with Crippen molar-refractivity contribution in [2.45, 2.75) is 13.5 Å². The first-order chi connectivity index (χ1) is 11.0. The molecule has 0 atom stereocenters. The number of nitrogens with one attached hydrogen (secondary N) is 1. The molecule has 23 heavy (non-hydrogen) atoms. The molecule has 0 aliphatic rings. The molecule has 1 aromatic carbocycles. The smallest absolute Gasteiger partial charge is 0.330 e. The molecule has 0 unspecified atom stereocenters. The van der Waals surface area contributed by atoms with Crippen LogP contribution in [0.2, 0.25) is 0 Å². The van der Waals surface area contributed by atoms with Crippen molar-refractivity contribution < 1.29 is 18.8 Å². The van der Waals surface area contributed by atoms with Crippen LogP contribution in [-0.2, 0) is 6.54 Å². The molecule has 7 nitrogen and oxygen atoms in total. The first-order valence-electron chi connectivity index (χ1n) is 6.71. The third-order valence-corrected chi connectivity index (χ3v) is 3.19. The van der Waals surface area contributed by atoms with Gasteiger partial charge in [0.2, 0.25) is 5.75 Å². The zero-order valence-electron chi connectivity index (χ0n) is 12.0. The van der Waals surface area contributed by atoms with Crippen molar-refractivity contribution in [2.75, 3.05) is 0 Å². The van der Waals surface area contributed by atoms with Gasteiger partial charge in [-0.15, -0.1) is 4.57 Å². The van der Waals surface area contributed by atoms with Gasteiger partial charge in [-0.3, -0.25) is 9.59 Å². The Labute approximate surface area is 129 Å². The van der Waals surface area contributed by atoms with Crippen LogP contribution < -0.4 is 10.9 Å². The lowest BCUT2D eigenvalue weighted by atomic mass is 10.2. The van der Waals surface area contributed by atoms with Gasteiger partial charge in [-0.25, -0.2) is 9.37 Å². The maximum absolute atomic E-state index is 12.8. The van der Waals surface area contributed by atoms with Gasteiger partial charge in [0.05, 0.1) is 0 Å². The molecule has 2 aromatic heterocycles. The van der Waals surface area contributed by atoms with E-state index in [0.717, 1.165) is 4.57 Å².